The number of amides is 4. The number of Topliss-reactive ketones (excluding diaryl/α,β-unsaturated/α-hetero) is 1. The Bertz CT molecular complexity index is 2520. The zero-order valence-corrected chi connectivity index (χ0v) is 36.6. The van der Waals surface area contributed by atoms with Gasteiger partial charge in [0.1, 0.15) is 22.8 Å². The first kappa shape index (κ1) is 42.6. The number of aryl methyl sites for hydroxylation is 2. The SMILES string of the molecule is COc1ccncc1C(=O)CC[C@H](C)c1ccc(-c2nn3c(c2C(N)=O)Nc2ccc(N4CCN(CC5CCN(c6ccc(N7CCC(=O)NC7=O)cc6)CC5)CC4)cc2CC3)cc1. The van der Waals surface area contributed by atoms with Crippen LogP contribution in [0.1, 0.15) is 76.8 Å². The summed E-state index contributed by atoms with van der Waals surface area (Å²) in [5, 5.41) is 10.9. The smallest absolute Gasteiger partial charge is 0.328 e. The predicted octanol–water partition coefficient (Wildman–Crippen LogP) is 6.60. The molecule has 0 bridgehead atoms. The second kappa shape index (κ2) is 18.5. The molecule has 3 fully saturated rings. The molecule has 3 aromatic carbocycles. The highest BCUT2D eigenvalue weighted by atomic mass is 16.5. The van der Waals surface area contributed by atoms with Crippen molar-refractivity contribution in [3.8, 4) is 17.0 Å². The molecule has 4 aliphatic heterocycles. The number of carbonyl (C=O) groups is 4. The summed E-state index contributed by atoms with van der Waals surface area (Å²) in [4.78, 5) is 63.0. The van der Waals surface area contributed by atoms with Crippen molar-refractivity contribution in [3.63, 3.8) is 0 Å². The third-order valence-corrected chi connectivity index (χ3v) is 13.4. The molecule has 6 heterocycles. The quantitative estimate of drug-likeness (QED) is 0.109. The second-order valence-corrected chi connectivity index (χ2v) is 17.4. The van der Waals surface area contributed by atoms with E-state index in [0.29, 0.717) is 66.7 Å². The van der Waals surface area contributed by atoms with Crippen molar-refractivity contribution in [3.05, 3.63) is 107 Å². The highest BCUT2D eigenvalue weighted by molar-refractivity contribution is 6.06. The molecule has 64 heavy (non-hydrogen) atoms. The molecule has 332 valence electrons. The molecule has 0 spiro atoms. The maximum absolute atomic E-state index is 13.0. The van der Waals surface area contributed by atoms with Gasteiger partial charge in [-0.15, -0.1) is 0 Å². The number of urea groups is 1. The Morgan fingerprint density at radius 2 is 1.55 bits per heavy atom. The van der Waals surface area contributed by atoms with Gasteiger partial charge >= 0.3 is 6.03 Å². The van der Waals surface area contributed by atoms with E-state index in [1.165, 1.54) is 16.9 Å². The Balaban J connectivity index is 0.769. The number of anilines is 5. The van der Waals surface area contributed by atoms with Crippen molar-refractivity contribution in [2.75, 3.05) is 79.5 Å². The van der Waals surface area contributed by atoms with Gasteiger partial charge < -0.3 is 25.6 Å². The number of pyridine rings is 1. The molecule has 15 nitrogen and oxygen atoms in total. The third kappa shape index (κ3) is 9.03. The van der Waals surface area contributed by atoms with Gasteiger partial charge in [-0.2, -0.15) is 5.10 Å². The number of hydrogen-bond donors (Lipinski definition) is 3. The summed E-state index contributed by atoms with van der Waals surface area (Å²) in [6.07, 6.45) is 7.57. The molecule has 9 rings (SSSR count). The van der Waals surface area contributed by atoms with E-state index in [4.69, 9.17) is 15.6 Å². The van der Waals surface area contributed by atoms with Crippen LogP contribution in [0.4, 0.5) is 33.4 Å². The first-order valence-corrected chi connectivity index (χ1v) is 22.5. The summed E-state index contributed by atoms with van der Waals surface area (Å²) in [6.45, 7) is 10.2. The summed E-state index contributed by atoms with van der Waals surface area (Å²) in [5.74, 6) is 1.17. The Morgan fingerprint density at radius 1 is 0.828 bits per heavy atom. The van der Waals surface area contributed by atoms with Crippen molar-refractivity contribution >= 4 is 52.2 Å². The van der Waals surface area contributed by atoms with Crippen molar-refractivity contribution in [1.29, 1.82) is 0 Å². The number of ether oxygens (including phenoxy) is 1. The van der Waals surface area contributed by atoms with Crippen LogP contribution in [-0.2, 0) is 17.8 Å². The van der Waals surface area contributed by atoms with Crippen LogP contribution in [0.15, 0.2) is 85.2 Å². The van der Waals surface area contributed by atoms with E-state index in [2.05, 4.69) is 67.6 Å². The number of fused-ring (bicyclic) bond motifs is 2. The van der Waals surface area contributed by atoms with Crippen LogP contribution in [0.25, 0.3) is 11.3 Å². The summed E-state index contributed by atoms with van der Waals surface area (Å²) in [7, 11) is 1.55. The number of nitrogens with zero attached hydrogens (tertiary/aromatic N) is 7. The van der Waals surface area contributed by atoms with Crippen LogP contribution < -0.4 is 35.8 Å². The topological polar surface area (TPSA) is 171 Å². The lowest BCUT2D eigenvalue weighted by atomic mass is 9.92. The molecule has 4 N–H and O–H groups in total. The summed E-state index contributed by atoms with van der Waals surface area (Å²) >= 11 is 0. The van der Waals surface area contributed by atoms with E-state index in [1.54, 1.807) is 30.5 Å². The second-order valence-electron chi connectivity index (χ2n) is 17.4. The Kier molecular flexibility index (Phi) is 12.3. The minimum absolute atomic E-state index is 0.00192. The number of hydrogen-bond acceptors (Lipinski definition) is 11. The number of piperidine rings is 1. The number of benzene rings is 3. The molecule has 0 aliphatic carbocycles. The van der Waals surface area contributed by atoms with Crippen molar-refractivity contribution in [1.82, 2.24) is 25.0 Å². The molecule has 5 aromatic rings. The fourth-order valence-electron chi connectivity index (χ4n) is 9.61. The maximum atomic E-state index is 13.0. The van der Waals surface area contributed by atoms with E-state index in [1.807, 2.05) is 41.1 Å². The number of aromatic nitrogens is 3. The number of primary amides is 1. The minimum Gasteiger partial charge on any atom is -0.496 e. The summed E-state index contributed by atoms with van der Waals surface area (Å²) < 4.78 is 7.21. The molecule has 0 radical (unpaired) electrons. The number of ketones is 1. The number of imide groups is 1. The number of nitrogens with one attached hydrogen (secondary N) is 2. The first-order chi connectivity index (χ1) is 31.1. The molecular formula is C49H56N10O5. The van der Waals surface area contributed by atoms with Gasteiger partial charge in [0.2, 0.25) is 5.91 Å². The zero-order chi connectivity index (χ0) is 44.3. The van der Waals surface area contributed by atoms with Gasteiger partial charge in [0.15, 0.2) is 5.78 Å². The van der Waals surface area contributed by atoms with Crippen LogP contribution in [0.3, 0.4) is 0 Å². The number of rotatable bonds is 13. The lowest BCUT2D eigenvalue weighted by Crippen LogP contribution is -2.49. The van der Waals surface area contributed by atoms with E-state index < -0.39 is 5.91 Å². The fourth-order valence-corrected chi connectivity index (χ4v) is 9.61. The highest BCUT2D eigenvalue weighted by Gasteiger charge is 2.29. The number of methoxy groups -OCH3 is 1. The summed E-state index contributed by atoms with van der Waals surface area (Å²) in [5.41, 5.74) is 14.7. The van der Waals surface area contributed by atoms with E-state index in [0.717, 1.165) is 87.6 Å². The van der Waals surface area contributed by atoms with Gasteiger partial charge in [-0.25, -0.2) is 9.48 Å². The monoisotopic (exact) mass is 864 g/mol. The number of piperazine rings is 1. The predicted molar refractivity (Wildman–Crippen MR) is 248 cm³/mol. The molecule has 0 unspecified atom stereocenters. The van der Waals surface area contributed by atoms with Crippen LogP contribution in [0.5, 0.6) is 5.75 Å². The number of carbonyl (C=O) groups excluding carboxylic acids is 4. The molecule has 1 atom stereocenters. The van der Waals surface area contributed by atoms with Gasteiger partial charge in [-0.05, 0) is 97.2 Å². The van der Waals surface area contributed by atoms with Gasteiger partial charge in [0.05, 0.1) is 12.7 Å². The Hall–Kier alpha value is -6.74. The standard InChI is InChI=1S/C49H56N10O5/c1-32(3-14-42(60)40-30-51-20-15-43(40)64-2)34-4-6-35(7-5-34)46-45(47(50)62)48-52-41-13-12-39(29-36(41)18-24-59(48)54-46)57-27-25-55(26-28-57)31-33-16-21-56(22-17-33)37-8-10-38(11-9-37)58-23-19-44(61)53-49(58)63/h4-13,15,20,29-30,32-33,52H,3,14,16-19,21-28,31H2,1-2H3,(H2,50,62)(H,53,61,63)/t32-/m0/s1. The van der Waals surface area contributed by atoms with Crippen LogP contribution in [0, 0.1) is 5.92 Å². The third-order valence-electron chi connectivity index (χ3n) is 13.4. The molecular weight excluding hydrogens is 809 g/mol. The lowest BCUT2D eigenvalue weighted by Gasteiger charge is -2.40. The normalized spacial score (nSPS) is 17.5. The average Bonchev–Trinajstić information content (AvgIpc) is 3.59. The van der Waals surface area contributed by atoms with Crippen LogP contribution >= 0.6 is 0 Å². The van der Waals surface area contributed by atoms with Crippen LogP contribution in [0.2, 0.25) is 0 Å². The van der Waals surface area contributed by atoms with Crippen molar-refractivity contribution < 1.29 is 23.9 Å². The van der Waals surface area contributed by atoms with Gasteiger partial charge in [-0.1, -0.05) is 31.2 Å². The molecule has 0 saturated carbocycles. The Morgan fingerprint density at radius 3 is 2.27 bits per heavy atom. The van der Waals surface area contributed by atoms with Gasteiger partial charge in [-0.3, -0.25) is 34.5 Å². The largest absolute Gasteiger partial charge is 0.496 e. The van der Waals surface area contributed by atoms with Gasteiger partial charge in [0.25, 0.3) is 5.91 Å². The summed E-state index contributed by atoms with van der Waals surface area (Å²) in [6, 6.07) is 24.0. The molecule has 15 heteroatoms. The minimum atomic E-state index is -0.536. The average molecular weight is 865 g/mol. The molecule has 4 aliphatic rings. The Labute approximate surface area is 373 Å². The zero-order valence-electron chi connectivity index (χ0n) is 36.6. The lowest BCUT2D eigenvalue weighted by molar-refractivity contribution is -0.120. The van der Waals surface area contributed by atoms with Crippen molar-refractivity contribution in [2.45, 2.75) is 57.9 Å². The fraction of sp³-hybridized carbons (Fsp3) is 0.388. The van der Waals surface area contributed by atoms with Crippen LogP contribution in [-0.4, -0.2) is 103 Å². The van der Waals surface area contributed by atoms with Gasteiger partial charge in [0, 0.05) is 112 Å². The van der Waals surface area contributed by atoms with Crippen molar-refractivity contribution in [2.24, 2.45) is 11.7 Å². The maximum Gasteiger partial charge on any atom is 0.328 e. The molecule has 4 amide bonds. The molecule has 2 aromatic heterocycles. The van der Waals surface area contributed by atoms with E-state index in [-0.39, 0.29) is 23.6 Å². The highest BCUT2D eigenvalue weighted by Crippen LogP contribution is 2.37. The first-order valence-electron chi connectivity index (χ1n) is 22.5. The number of nitrogens with two attached hydrogens (primary N) is 1. The van der Waals surface area contributed by atoms with E-state index in [9.17, 15) is 19.2 Å². The molecule has 3 saturated heterocycles. The van der Waals surface area contributed by atoms with E-state index >= 15 is 0 Å².